The van der Waals surface area contributed by atoms with E-state index in [-0.39, 0.29) is 11.0 Å². The molecule has 0 spiro atoms. The Morgan fingerprint density at radius 1 is 1.21 bits per heavy atom. The predicted molar refractivity (Wildman–Crippen MR) is 54.4 cm³/mol. The van der Waals surface area contributed by atoms with Gasteiger partial charge in [0.15, 0.2) is 0 Å². The van der Waals surface area contributed by atoms with Gasteiger partial charge in [0.05, 0.1) is 5.38 Å². The highest BCUT2D eigenvalue weighted by atomic mass is 35.5. The van der Waals surface area contributed by atoms with Crippen molar-refractivity contribution in [2.45, 2.75) is 26.1 Å². The minimum atomic E-state index is -0.529. The number of rotatable bonds is 1. The monoisotopic (exact) mass is 218 g/mol. The molecule has 0 saturated heterocycles. The van der Waals surface area contributed by atoms with E-state index in [2.05, 4.69) is 0 Å². The molecule has 0 aliphatic carbocycles. The number of hydrogen-bond acceptors (Lipinski definition) is 0. The second-order valence-corrected chi connectivity index (χ2v) is 4.83. The van der Waals surface area contributed by atoms with Gasteiger partial charge in [-0.15, -0.1) is 11.6 Å². The van der Waals surface area contributed by atoms with Crippen LogP contribution in [-0.4, -0.2) is 0 Å². The van der Waals surface area contributed by atoms with Crippen LogP contribution in [-0.2, 0) is 0 Å². The second-order valence-electron chi connectivity index (χ2n) is 4.39. The molecule has 3 heteroatoms. The van der Waals surface area contributed by atoms with Crippen LogP contribution in [0.4, 0.5) is 8.78 Å². The van der Waals surface area contributed by atoms with E-state index in [1.54, 1.807) is 0 Å². The summed E-state index contributed by atoms with van der Waals surface area (Å²) in [6, 6.07) is 3.34. The minimum absolute atomic E-state index is 0.221. The van der Waals surface area contributed by atoms with E-state index in [9.17, 15) is 8.78 Å². The molecule has 0 N–H and O–H groups in total. The Labute approximate surface area is 87.9 Å². The van der Waals surface area contributed by atoms with E-state index >= 15 is 0 Å². The fourth-order valence-electron chi connectivity index (χ4n) is 1.18. The van der Waals surface area contributed by atoms with Crippen LogP contribution in [0.1, 0.15) is 31.7 Å². The fraction of sp³-hybridized carbons (Fsp3) is 0.455. The first-order chi connectivity index (χ1) is 6.32. The van der Waals surface area contributed by atoms with Crippen LogP contribution in [0.15, 0.2) is 18.2 Å². The maximum atomic E-state index is 13.3. The fourth-order valence-corrected chi connectivity index (χ4v) is 1.34. The van der Waals surface area contributed by atoms with Gasteiger partial charge in [-0.05, 0) is 23.6 Å². The predicted octanol–water partition coefficient (Wildman–Crippen LogP) is 4.29. The molecule has 0 bridgehead atoms. The Bertz CT molecular complexity index is 329. The maximum absolute atomic E-state index is 13.3. The smallest absolute Gasteiger partial charge is 0.128 e. The van der Waals surface area contributed by atoms with Crippen molar-refractivity contribution >= 4 is 11.6 Å². The van der Waals surface area contributed by atoms with Gasteiger partial charge in [0, 0.05) is 5.56 Å². The van der Waals surface area contributed by atoms with Gasteiger partial charge in [0.1, 0.15) is 11.6 Å². The Kier molecular flexibility index (Phi) is 3.15. The van der Waals surface area contributed by atoms with Gasteiger partial charge in [-0.2, -0.15) is 0 Å². The van der Waals surface area contributed by atoms with Crippen LogP contribution in [0.2, 0.25) is 0 Å². The third-order valence-corrected chi connectivity index (χ3v) is 2.88. The van der Waals surface area contributed by atoms with Gasteiger partial charge >= 0.3 is 0 Å². The summed E-state index contributed by atoms with van der Waals surface area (Å²) in [5.74, 6) is -0.919. The average Bonchev–Trinajstić information content (AvgIpc) is 2.06. The molecule has 78 valence electrons. The summed E-state index contributed by atoms with van der Waals surface area (Å²) < 4.78 is 26.2. The molecule has 1 atom stereocenters. The van der Waals surface area contributed by atoms with Crippen LogP contribution in [0.25, 0.3) is 0 Å². The van der Waals surface area contributed by atoms with Gasteiger partial charge in [-0.25, -0.2) is 8.78 Å². The Hall–Kier alpha value is -0.630. The van der Waals surface area contributed by atoms with Crippen molar-refractivity contribution < 1.29 is 8.78 Å². The van der Waals surface area contributed by atoms with Crippen LogP contribution in [0.5, 0.6) is 0 Å². The number of benzene rings is 1. The zero-order valence-electron chi connectivity index (χ0n) is 8.44. The molecule has 0 amide bonds. The Morgan fingerprint density at radius 3 is 2.29 bits per heavy atom. The third-order valence-electron chi connectivity index (χ3n) is 1.99. The molecule has 1 aromatic rings. The molecule has 14 heavy (non-hydrogen) atoms. The van der Waals surface area contributed by atoms with Crippen molar-refractivity contribution in [2.24, 2.45) is 5.41 Å². The lowest BCUT2D eigenvalue weighted by atomic mass is 9.87. The van der Waals surface area contributed by atoms with Crippen molar-refractivity contribution in [1.82, 2.24) is 0 Å². The SMILES string of the molecule is CC(C)(C)C(Cl)c1cc(F)ccc1F. The largest absolute Gasteiger partial charge is 0.207 e. The molecule has 0 radical (unpaired) electrons. The maximum Gasteiger partial charge on any atom is 0.128 e. The zero-order chi connectivity index (χ0) is 10.9. The molecule has 0 aromatic heterocycles. The standard InChI is InChI=1S/C11H13ClF2/c1-11(2,3)10(12)8-6-7(13)4-5-9(8)14/h4-6,10H,1-3H3. The summed E-state index contributed by atoms with van der Waals surface area (Å²) in [6.07, 6.45) is 0. The molecule has 1 unspecified atom stereocenters. The normalized spacial score (nSPS) is 14.1. The third kappa shape index (κ3) is 2.44. The van der Waals surface area contributed by atoms with E-state index in [1.165, 1.54) is 0 Å². The van der Waals surface area contributed by atoms with Crippen LogP contribution < -0.4 is 0 Å². The van der Waals surface area contributed by atoms with Crippen LogP contribution in [0.3, 0.4) is 0 Å². The minimum Gasteiger partial charge on any atom is -0.207 e. The molecule has 0 aliphatic heterocycles. The van der Waals surface area contributed by atoms with E-state index in [1.807, 2.05) is 20.8 Å². The van der Waals surface area contributed by atoms with Crippen LogP contribution in [0, 0.1) is 17.0 Å². The Balaban J connectivity index is 3.12. The Morgan fingerprint density at radius 2 is 1.79 bits per heavy atom. The van der Waals surface area contributed by atoms with Gasteiger partial charge in [-0.1, -0.05) is 20.8 Å². The van der Waals surface area contributed by atoms with E-state index < -0.39 is 17.0 Å². The van der Waals surface area contributed by atoms with Crippen molar-refractivity contribution in [3.05, 3.63) is 35.4 Å². The second kappa shape index (κ2) is 3.85. The van der Waals surface area contributed by atoms with Crippen molar-refractivity contribution in [3.8, 4) is 0 Å². The lowest BCUT2D eigenvalue weighted by Gasteiger charge is -2.25. The van der Waals surface area contributed by atoms with Gasteiger partial charge in [0.25, 0.3) is 0 Å². The van der Waals surface area contributed by atoms with E-state index in [0.717, 1.165) is 18.2 Å². The van der Waals surface area contributed by atoms with E-state index in [0.29, 0.717) is 0 Å². The van der Waals surface area contributed by atoms with Gasteiger partial charge in [-0.3, -0.25) is 0 Å². The van der Waals surface area contributed by atoms with Gasteiger partial charge < -0.3 is 0 Å². The van der Waals surface area contributed by atoms with Crippen molar-refractivity contribution in [1.29, 1.82) is 0 Å². The lowest BCUT2D eigenvalue weighted by Crippen LogP contribution is -2.14. The molecular formula is C11H13ClF2. The van der Waals surface area contributed by atoms with E-state index in [4.69, 9.17) is 11.6 Å². The topological polar surface area (TPSA) is 0 Å². The molecular weight excluding hydrogens is 206 g/mol. The first-order valence-electron chi connectivity index (χ1n) is 4.41. The summed E-state index contributed by atoms with van der Waals surface area (Å²) in [5, 5.41) is -0.529. The number of alkyl halides is 1. The molecule has 0 fully saturated rings. The van der Waals surface area contributed by atoms with Gasteiger partial charge in [0.2, 0.25) is 0 Å². The molecule has 1 aromatic carbocycles. The summed E-state index contributed by atoms with van der Waals surface area (Å²) in [4.78, 5) is 0. The first-order valence-corrected chi connectivity index (χ1v) is 4.85. The summed E-state index contributed by atoms with van der Waals surface area (Å²) in [5.41, 5.74) is -0.0740. The number of hydrogen-bond donors (Lipinski definition) is 0. The highest BCUT2D eigenvalue weighted by Gasteiger charge is 2.26. The lowest BCUT2D eigenvalue weighted by molar-refractivity contribution is 0.385. The number of halogens is 3. The summed E-state index contributed by atoms with van der Waals surface area (Å²) >= 11 is 6.05. The zero-order valence-corrected chi connectivity index (χ0v) is 9.20. The first kappa shape index (κ1) is 11.4. The summed E-state index contributed by atoms with van der Waals surface area (Å²) in [6.45, 7) is 5.65. The molecule has 0 nitrogen and oxygen atoms in total. The highest BCUT2D eigenvalue weighted by Crippen LogP contribution is 2.39. The van der Waals surface area contributed by atoms with Crippen molar-refractivity contribution in [3.63, 3.8) is 0 Å². The summed E-state index contributed by atoms with van der Waals surface area (Å²) in [7, 11) is 0. The van der Waals surface area contributed by atoms with Crippen LogP contribution >= 0.6 is 11.6 Å². The molecule has 0 heterocycles. The highest BCUT2D eigenvalue weighted by molar-refractivity contribution is 6.21. The average molecular weight is 219 g/mol. The quantitative estimate of drug-likeness (QED) is 0.617. The molecule has 0 saturated carbocycles. The molecule has 0 aliphatic rings. The van der Waals surface area contributed by atoms with Crippen molar-refractivity contribution in [2.75, 3.05) is 0 Å². The molecule has 1 rings (SSSR count).